The molecular weight excluding hydrogens is 444 g/mol. The lowest BCUT2D eigenvalue weighted by Gasteiger charge is -2.16. The predicted molar refractivity (Wildman–Crippen MR) is 128 cm³/mol. The molecule has 1 atom stereocenters. The third-order valence-corrected chi connectivity index (χ3v) is 6.29. The number of benzene rings is 2. The van der Waals surface area contributed by atoms with Crippen LogP contribution in [0.2, 0.25) is 5.02 Å². The number of carbonyl (C=O) groups is 1. The Hall–Kier alpha value is -3.16. The van der Waals surface area contributed by atoms with Gasteiger partial charge in [-0.1, -0.05) is 59.8 Å². The minimum Gasteiger partial charge on any atom is -0.349 e. The number of pyridine rings is 1. The molecule has 32 heavy (non-hydrogen) atoms. The molecule has 162 valence electrons. The number of carbonyl (C=O) groups excluding carboxylic acids is 1. The zero-order valence-electron chi connectivity index (χ0n) is 17.4. The highest BCUT2D eigenvalue weighted by molar-refractivity contribution is 7.99. The molecule has 1 amide bonds. The molecule has 2 aromatic heterocycles. The summed E-state index contributed by atoms with van der Waals surface area (Å²) in [5.41, 5.74) is 2.19. The lowest BCUT2D eigenvalue weighted by atomic mass is 10.1. The van der Waals surface area contributed by atoms with Crippen molar-refractivity contribution in [2.45, 2.75) is 24.7 Å². The molecule has 0 fully saturated rings. The Bertz CT molecular complexity index is 1310. The standard InChI is InChI=1S/C24H21ClN4O2S/c1-16(18-8-2-4-10-20(18)25)27-22(30)15-32-24-28-21-11-5-3-9-19(21)23(31)29(24)14-17-7-6-12-26-13-17/h2-13,16H,14-15H2,1H3,(H,27,30). The van der Waals surface area contributed by atoms with E-state index in [1.807, 2.05) is 49.4 Å². The van der Waals surface area contributed by atoms with E-state index in [9.17, 15) is 9.59 Å². The Kier molecular flexibility index (Phi) is 6.87. The van der Waals surface area contributed by atoms with E-state index in [0.29, 0.717) is 27.6 Å². The highest BCUT2D eigenvalue weighted by Gasteiger charge is 2.16. The molecule has 2 heterocycles. The summed E-state index contributed by atoms with van der Waals surface area (Å²) in [6.07, 6.45) is 3.40. The number of para-hydroxylation sites is 1. The summed E-state index contributed by atoms with van der Waals surface area (Å²) in [5, 5.41) is 4.59. The molecule has 0 radical (unpaired) electrons. The Morgan fingerprint density at radius 3 is 2.69 bits per heavy atom. The van der Waals surface area contributed by atoms with Crippen molar-refractivity contribution in [3.63, 3.8) is 0 Å². The molecule has 1 unspecified atom stereocenters. The maximum atomic E-state index is 13.2. The van der Waals surface area contributed by atoms with Crippen LogP contribution in [0, 0.1) is 0 Å². The van der Waals surface area contributed by atoms with Crippen molar-refractivity contribution in [2.75, 3.05) is 5.75 Å². The first-order chi connectivity index (χ1) is 15.5. The van der Waals surface area contributed by atoms with E-state index < -0.39 is 0 Å². The molecule has 6 nitrogen and oxygen atoms in total. The molecular formula is C24H21ClN4O2S. The van der Waals surface area contributed by atoms with Crippen LogP contribution in [0.4, 0.5) is 0 Å². The van der Waals surface area contributed by atoms with E-state index in [0.717, 1.165) is 11.1 Å². The fraction of sp³-hybridized carbons (Fsp3) is 0.167. The average Bonchev–Trinajstić information content (AvgIpc) is 2.80. The van der Waals surface area contributed by atoms with E-state index in [2.05, 4.69) is 15.3 Å². The van der Waals surface area contributed by atoms with Crippen LogP contribution in [0.25, 0.3) is 10.9 Å². The summed E-state index contributed by atoms with van der Waals surface area (Å²) >= 11 is 7.47. The van der Waals surface area contributed by atoms with E-state index in [1.54, 1.807) is 35.2 Å². The topological polar surface area (TPSA) is 76.9 Å². The normalized spacial score (nSPS) is 11.9. The van der Waals surface area contributed by atoms with Gasteiger partial charge < -0.3 is 5.32 Å². The van der Waals surface area contributed by atoms with Gasteiger partial charge in [0.05, 0.1) is 29.2 Å². The number of hydrogen-bond donors (Lipinski definition) is 1. The Balaban J connectivity index is 1.56. The van der Waals surface area contributed by atoms with Crippen LogP contribution < -0.4 is 10.9 Å². The fourth-order valence-electron chi connectivity index (χ4n) is 3.39. The highest BCUT2D eigenvalue weighted by atomic mass is 35.5. The van der Waals surface area contributed by atoms with Crippen LogP contribution in [-0.4, -0.2) is 26.2 Å². The van der Waals surface area contributed by atoms with Crippen LogP contribution in [0.1, 0.15) is 24.1 Å². The molecule has 1 N–H and O–H groups in total. The zero-order valence-corrected chi connectivity index (χ0v) is 18.9. The smallest absolute Gasteiger partial charge is 0.262 e. The maximum Gasteiger partial charge on any atom is 0.262 e. The number of hydrogen-bond acceptors (Lipinski definition) is 5. The minimum atomic E-state index is -0.237. The van der Waals surface area contributed by atoms with Crippen molar-refractivity contribution >= 4 is 40.2 Å². The number of halogens is 1. The summed E-state index contributed by atoms with van der Waals surface area (Å²) in [6, 6.07) is 18.1. The molecule has 4 rings (SSSR count). The molecule has 0 saturated carbocycles. The number of aromatic nitrogens is 3. The monoisotopic (exact) mass is 464 g/mol. The molecule has 2 aromatic carbocycles. The van der Waals surface area contributed by atoms with Crippen LogP contribution in [0.5, 0.6) is 0 Å². The van der Waals surface area contributed by atoms with Gasteiger partial charge in [0, 0.05) is 17.4 Å². The predicted octanol–water partition coefficient (Wildman–Crippen LogP) is 4.46. The Morgan fingerprint density at radius 1 is 1.12 bits per heavy atom. The van der Waals surface area contributed by atoms with Gasteiger partial charge in [-0.3, -0.25) is 19.1 Å². The largest absolute Gasteiger partial charge is 0.349 e. The summed E-state index contributed by atoms with van der Waals surface area (Å²) in [6.45, 7) is 2.21. The zero-order chi connectivity index (χ0) is 22.5. The number of rotatable bonds is 7. The second-order valence-corrected chi connectivity index (χ2v) is 8.61. The van der Waals surface area contributed by atoms with Gasteiger partial charge in [-0.15, -0.1) is 0 Å². The third-order valence-electron chi connectivity index (χ3n) is 4.97. The quantitative estimate of drug-likeness (QED) is 0.322. The molecule has 4 aromatic rings. The fourth-order valence-corrected chi connectivity index (χ4v) is 4.50. The van der Waals surface area contributed by atoms with E-state index in [4.69, 9.17) is 11.6 Å². The first kappa shape index (κ1) is 22.0. The van der Waals surface area contributed by atoms with Crippen molar-refractivity contribution in [2.24, 2.45) is 0 Å². The Morgan fingerprint density at radius 2 is 1.91 bits per heavy atom. The van der Waals surface area contributed by atoms with Crippen LogP contribution >= 0.6 is 23.4 Å². The van der Waals surface area contributed by atoms with Crippen molar-refractivity contribution in [1.82, 2.24) is 19.9 Å². The highest BCUT2D eigenvalue weighted by Crippen LogP contribution is 2.23. The van der Waals surface area contributed by atoms with Gasteiger partial charge in [0.15, 0.2) is 5.16 Å². The molecule has 0 aliphatic carbocycles. The lowest BCUT2D eigenvalue weighted by molar-refractivity contribution is -0.119. The first-order valence-electron chi connectivity index (χ1n) is 10.1. The Labute approximate surface area is 194 Å². The van der Waals surface area contributed by atoms with Crippen molar-refractivity contribution in [1.29, 1.82) is 0 Å². The SMILES string of the molecule is CC(NC(=O)CSc1nc2ccccc2c(=O)n1Cc1cccnc1)c1ccccc1Cl. The van der Waals surface area contributed by atoms with Gasteiger partial charge >= 0.3 is 0 Å². The number of thioether (sulfide) groups is 1. The molecule has 0 aliphatic heterocycles. The van der Waals surface area contributed by atoms with E-state index >= 15 is 0 Å². The molecule has 8 heteroatoms. The van der Waals surface area contributed by atoms with Crippen LogP contribution in [-0.2, 0) is 11.3 Å². The molecule has 0 saturated heterocycles. The van der Waals surface area contributed by atoms with Gasteiger partial charge in [-0.05, 0) is 42.3 Å². The minimum absolute atomic E-state index is 0.118. The summed E-state index contributed by atoms with van der Waals surface area (Å²) < 4.78 is 1.59. The third kappa shape index (κ3) is 5.00. The molecule has 0 bridgehead atoms. The molecule has 0 aliphatic rings. The van der Waals surface area contributed by atoms with Crippen molar-refractivity contribution < 1.29 is 4.79 Å². The van der Waals surface area contributed by atoms with E-state index in [-0.39, 0.29) is 23.3 Å². The van der Waals surface area contributed by atoms with Gasteiger partial charge in [-0.2, -0.15) is 0 Å². The summed E-state index contributed by atoms with van der Waals surface area (Å²) in [4.78, 5) is 34.6. The van der Waals surface area contributed by atoms with Crippen molar-refractivity contribution in [3.05, 3.63) is 99.6 Å². The summed E-state index contributed by atoms with van der Waals surface area (Å²) in [7, 11) is 0. The van der Waals surface area contributed by atoms with Crippen LogP contribution in [0.3, 0.4) is 0 Å². The number of nitrogens with zero attached hydrogens (tertiary/aromatic N) is 3. The van der Waals surface area contributed by atoms with Gasteiger partial charge in [-0.25, -0.2) is 4.98 Å². The van der Waals surface area contributed by atoms with Gasteiger partial charge in [0.2, 0.25) is 5.91 Å². The van der Waals surface area contributed by atoms with Gasteiger partial charge in [0.1, 0.15) is 0 Å². The number of nitrogens with one attached hydrogen (secondary N) is 1. The average molecular weight is 465 g/mol. The number of amides is 1. The van der Waals surface area contributed by atoms with Crippen molar-refractivity contribution in [3.8, 4) is 0 Å². The van der Waals surface area contributed by atoms with E-state index in [1.165, 1.54) is 11.8 Å². The van der Waals surface area contributed by atoms with Crippen LogP contribution in [0.15, 0.2) is 83.0 Å². The van der Waals surface area contributed by atoms with Gasteiger partial charge in [0.25, 0.3) is 5.56 Å². The maximum absolute atomic E-state index is 13.2. The first-order valence-corrected chi connectivity index (χ1v) is 11.4. The number of fused-ring (bicyclic) bond motifs is 1. The molecule has 0 spiro atoms. The lowest BCUT2D eigenvalue weighted by Crippen LogP contribution is -2.29. The second kappa shape index (κ2) is 9.97. The summed E-state index contributed by atoms with van der Waals surface area (Å²) in [5.74, 6) is -0.0511. The second-order valence-electron chi connectivity index (χ2n) is 7.26.